The number of nitrogens with zero attached hydrogens (tertiary/aromatic N) is 1. The van der Waals surface area contributed by atoms with Crippen molar-refractivity contribution in [2.24, 2.45) is 0 Å². The molecule has 0 radical (unpaired) electrons. The van der Waals surface area contributed by atoms with E-state index in [1.807, 2.05) is 51.1 Å². The molecule has 2 N–H and O–H groups in total. The fourth-order valence-electron chi connectivity index (χ4n) is 2.70. The van der Waals surface area contributed by atoms with Gasteiger partial charge in [-0.2, -0.15) is 0 Å². The molecule has 3 aromatic rings. The van der Waals surface area contributed by atoms with Crippen LogP contribution in [0.2, 0.25) is 0 Å². The second-order valence-corrected chi connectivity index (χ2v) is 5.97. The van der Waals surface area contributed by atoms with Crippen LogP contribution < -0.4 is 5.32 Å². The molecule has 0 atom stereocenters. The van der Waals surface area contributed by atoms with Crippen LogP contribution in [0.5, 0.6) is 0 Å². The van der Waals surface area contributed by atoms with E-state index in [1.54, 1.807) is 0 Å². The van der Waals surface area contributed by atoms with Crippen LogP contribution in [0.3, 0.4) is 0 Å². The largest absolute Gasteiger partial charge is 0.342 e. The molecular formula is C19H21N3O. The Hall–Kier alpha value is -2.62. The van der Waals surface area contributed by atoms with Crippen LogP contribution in [0.1, 0.15) is 28.9 Å². The summed E-state index contributed by atoms with van der Waals surface area (Å²) in [5, 5.41) is 3.00. The van der Waals surface area contributed by atoms with Crippen LogP contribution in [0, 0.1) is 20.8 Å². The number of aromatic nitrogens is 2. The number of hydrogen-bond acceptors (Lipinski definition) is 2. The lowest BCUT2D eigenvalue weighted by molar-refractivity contribution is -0.116. The zero-order valence-corrected chi connectivity index (χ0v) is 13.7. The minimum Gasteiger partial charge on any atom is -0.342 e. The predicted octanol–water partition coefficient (Wildman–Crippen LogP) is 4.06. The van der Waals surface area contributed by atoms with E-state index < -0.39 is 0 Å². The molecule has 4 heteroatoms. The fourth-order valence-corrected chi connectivity index (χ4v) is 2.70. The first-order valence-electron chi connectivity index (χ1n) is 7.84. The molecule has 0 aliphatic rings. The van der Waals surface area contributed by atoms with Gasteiger partial charge in [0.2, 0.25) is 5.91 Å². The molecule has 0 saturated heterocycles. The van der Waals surface area contributed by atoms with Crippen molar-refractivity contribution in [3.8, 4) is 0 Å². The van der Waals surface area contributed by atoms with E-state index >= 15 is 0 Å². The van der Waals surface area contributed by atoms with E-state index in [2.05, 4.69) is 21.4 Å². The number of carbonyl (C=O) groups is 1. The number of imidazole rings is 1. The van der Waals surface area contributed by atoms with Gasteiger partial charge in [0, 0.05) is 12.1 Å². The maximum Gasteiger partial charge on any atom is 0.224 e. The molecule has 1 amide bonds. The first kappa shape index (κ1) is 15.3. The third-order valence-electron chi connectivity index (χ3n) is 4.18. The van der Waals surface area contributed by atoms with Crippen LogP contribution in [0.25, 0.3) is 11.0 Å². The second-order valence-electron chi connectivity index (χ2n) is 5.97. The molecular weight excluding hydrogens is 286 g/mol. The van der Waals surface area contributed by atoms with Crippen molar-refractivity contribution in [3.05, 3.63) is 58.9 Å². The molecule has 0 fully saturated rings. The number of H-pyrrole nitrogens is 1. The number of rotatable bonds is 4. The van der Waals surface area contributed by atoms with E-state index in [9.17, 15) is 4.79 Å². The Morgan fingerprint density at radius 1 is 1.17 bits per heavy atom. The molecule has 3 rings (SSSR count). The summed E-state index contributed by atoms with van der Waals surface area (Å²) >= 11 is 0. The Labute approximate surface area is 136 Å². The van der Waals surface area contributed by atoms with Gasteiger partial charge in [0.25, 0.3) is 0 Å². The van der Waals surface area contributed by atoms with Gasteiger partial charge in [-0.05, 0) is 62.1 Å². The van der Waals surface area contributed by atoms with Crippen molar-refractivity contribution in [2.75, 3.05) is 5.32 Å². The topological polar surface area (TPSA) is 57.8 Å². The van der Waals surface area contributed by atoms with E-state index in [0.29, 0.717) is 12.8 Å². The number of nitrogens with one attached hydrogen (secondary N) is 2. The molecule has 0 spiro atoms. The summed E-state index contributed by atoms with van der Waals surface area (Å²) in [5.41, 5.74) is 6.33. The SMILES string of the molecule is Cc1nc2ccc(CCC(=O)Nc3cccc(C)c3C)cc2[nH]1. The van der Waals surface area contributed by atoms with Gasteiger partial charge in [-0.1, -0.05) is 18.2 Å². The summed E-state index contributed by atoms with van der Waals surface area (Å²) in [7, 11) is 0. The summed E-state index contributed by atoms with van der Waals surface area (Å²) < 4.78 is 0. The number of amides is 1. The summed E-state index contributed by atoms with van der Waals surface area (Å²) in [5.74, 6) is 0.949. The number of hydrogen-bond donors (Lipinski definition) is 2. The Morgan fingerprint density at radius 3 is 2.83 bits per heavy atom. The summed E-state index contributed by atoms with van der Waals surface area (Å²) in [6.45, 7) is 6.02. The van der Waals surface area contributed by atoms with Crippen LogP contribution in [0.4, 0.5) is 5.69 Å². The van der Waals surface area contributed by atoms with E-state index in [-0.39, 0.29) is 5.91 Å². The number of aromatic amines is 1. The Kier molecular flexibility index (Phi) is 4.15. The number of fused-ring (bicyclic) bond motifs is 1. The van der Waals surface area contributed by atoms with Gasteiger partial charge in [-0.25, -0.2) is 4.98 Å². The molecule has 23 heavy (non-hydrogen) atoms. The minimum atomic E-state index is 0.0413. The lowest BCUT2D eigenvalue weighted by atomic mass is 10.1. The van der Waals surface area contributed by atoms with Gasteiger partial charge >= 0.3 is 0 Å². The van der Waals surface area contributed by atoms with Crippen LogP contribution in [-0.4, -0.2) is 15.9 Å². The standard InChI is InChI=1S/C19H21N3O/c1-12-5-4-6-16(13(12)2)22-19(23)10-8-15-7-9-17-18(11-15)21-14(3)20-17/h4-7,9,11H,8,10H2,1-3H3,(H,20,21)(H,22,23). The second kappa shape index (κ2) is 6.24. The third kappa shape index (κ3) is 3.42. The summed E-state index contributed by atoms with van der Waals surface area (Å²) in [6, 6.07) is 12.1. The van der Waals surface area contributed by atoms with Crippen molar-refractivity contribution < 1.29 is 4.79 Å². The first-order chi connectivity index (χ1) is 11.0. The van der Waals surface area contributed by atoms with E-state index in [1.165, 1.54) is 5.56 Å². The van der Waals surface area contributed by atoms with Crippen LogP contribution in [-0.2, 0) is 11.2 Å². The number of anilines is 1. The highest BCUT2D eigenvalue weighted by atomic mass is 16.1. The lowest BCUT2D eigenvalue weighted by Gasteiger charge is -2.10. The maximum absolute atomic E-state index is 12.2. The maximum atomic E-state index is 12.2. The third-order valence-corrected chi connectivity index (χ3v) is 4.18. The monoisotopic (exact) mass is 307 g/mol. The summed E-state index contributed by atoms with van der Waals surface area (Å²) in [6.07, 6.45) is 1.18. The molecule has 1 heterocycles. The van der Waals surface area contributed by atoms with Gasteiger partial charge in [0.1, 0.15) is 5.82 Å². The highest BCUT2D eigenvalue weighted by Crippen LogP contribution is 2.19. The molecule has 0 saturated carbocycles. The molecule has 0 unspecified atom stereocenters. The van der Waals surface area contributed by atoms with E-state index in [4.69, 9.17) is 0 Å². The van der Waals surface area contributed by atoms with Gasteiger partial charge < -0.3 is 10.3 Å². The molecule has 0 bridgehead atoms. The molecule has 4 nitrogen and oxygen atoms in total. The van der Waals surface area contributed by atoms with Crippen LogP contribution in [0.15, 0.2) is 36.4 Å². The zero-order valence-electron chi connectivity index (χ0n) is 13.7. The number of aryl methyl sites for hydroxylation is 3. The fraction of sp³-hybridized carbons (Fsp3) is 0.263. The Morgan fingerprint density at radius 2 is 2.00 bits per heavy atom. The van der Waals surface area contributed by atoms with Gasteiger partial charge in [-0.15, -0.1) is 0 Å². The highest BCUT2D eigenvalue weighted by molar-refractivity contribution is 5.91. The quantitative estimate of drug-likeness (QED) is 0.763. The summed E-state index contributed by atoms with van der Waals surface area (Å²) in [4.78, 5) is 19.8. The first-order valence-corrected chi connectivity index (χ1v) is 7.84. The van der Waals surface area contributed by atoms with Crippen molar-refractivity contribution >= 4 is 22.6 Å². The Balaban J connectivity index is 1.64. The normalized spacial score (nSPS) is 10.9. The van der Waals surface area contributed by atoms with E-state index in [0.717, 1.165) is 33.7 Å². The van der Waals surface area contributed by atoms with Gasteiger partial charge in [-0.3, -0.25) is 4.79 Å². The van der Waals surface area contributed by atoms with Gasteiger partial charge in [0.05, 0.1) is 11.0 Å². The average molecular weight is 307 g/mol. The van der Waals surface area contributed by atoms with Crippen LogP contribution >= 0.6 is 0 Å². The number of carbonyl (C=O) groups excluding carboxylic acids is 1. The smallest absolute Gasteiger partial charge is 0.224 e. The lowest BCUT2D eigenvalue weighted by Crippen LogP contribution is -2.13. The molecule has 0 aliphatic heterocycles. The number of benzene rings is 2. The minimum absolute atomic E-state index is 0.0413. The van der Waals surface area contributed by atoms with Crippen molar-refractivity contribution in [1.29, 1.82) is 0 Å². The predicted molar refractivity (Wildman–Crippen MR) is 93.7 cm³/mol. The van der Waals surface area contributed by atoms with Crippen molar-refractivity contribution in [3.63, 3.8) is 0 Å². The highest BCUT2D eigenvalue weighted by Gasteiger charge is 2.07. The van der Waals surface area contributed by atoms with Gasteiger partial charge in [0.15, 0.2) is 0 Å². The molecule has 1 aromatic heterocycles. The molecule has 0 aliphatic carbocycles. The average Bonchev–Trinajstić information content (AvgIpc) is 2.89. The zero-order chi connectivity index (χ0) is 16.4. The Bertz CT molecular complexity index is 864. The molecule has 2 aromatic carbocycles. The van der Waals surface area contributed by atoms with Crippen molar-refractivity contribution in [2.45, 2.75) is 33.6 Å². The molecule has 118 valence electrons. The van der Waals surface area contributed by atoms with Crippen molar-refractivity contribution in [1.82, 2.24) is 9.97 Å².